The van der Waals surface area contributed by atoms with E-state index in [-0.39, 0.29) is 11.3 Å². The molecule has 0 bridgehead atoms. The molecular weight excluding hydrogens is 308 g/mol. The molecule has 4 rings (SSSR count). The molecule has 116 valence electrons. The number of nitrogens with one attached hydrogen (secondary N) is 1. The molecule has 0 spiro atoms. The highest BCUT2D eigenvalue weighted by Gasteiger charge is 2.44. The van der Waals surface area contributed by atoms with Gasteiger partial charge in [-0.3, -0.25) is 4.79 Å². The fourth-order valence-corrected chi connectivity index (χ4v) is 3.44. The summed E-state index contributed by atoms with van der Waals surface area (Å²) in [6.07, 6.45) is 2.22. The van der Waals surface area contributed by atoms with E-state index in [4.69, 9.17) is 4.52 Å². The predicted octanol–water partition coefficient (Wildman–Crippen LogP) is 3.86. The standard InChI is InChI=1S/C18H16N2O2S/c21-17(14-11-15(22-20-14)16-7-4-10-23-16)19-12-18(8-9-18)13-5-2-1-3-6-13/h1-7,10-11H,8-9,12H2,(H,19,21). The van der Waals surface area contributed by atoms with Crippen LogP contribution in [-0.4, -0.2) is 17.6 Å². The van der Waals surface area contributed by atoms with Gasteiger partial charge in [0, 0.05) is 18.0 Å². The van der Waals surface area contributed by atoms with Crippen molar-refractivity contribution in [1.29, 1.82) is 0 Å². The summed E-state index contributed by atoms with van der Waals surface area (Å²) in [5.41, 5.74) is 1.72. The van der Waals surface area contributed by atoms with Gasteiger partial charge in [0.2, 0.25) is 0 Å². The zero-order chi connectivity index (χ0) is 15.7. The third-order valence-electron chi connectivity index (χ3n) is 4.33. The number of rotatable bonds is 5. The third kappa shape index (κ3) is 2.80. The second-order valence-electron chi connectivity index (χ2n) is 5.88. The Hall–Kier alpha value is -2.40. The van der Waals surface area contributed by atoms with E-state index in [0.29, 0.717) is 18.0 Å². The van der Waals surface area contributed by atoms with Gasteiger partial charge >= 0.3 is 0 Å². The van der Waals surface area contributed by atoms with Gasteiger partial charge in [0.05, 0.1) is 4.88 Å². The topological polar surface area (TPSA) is 55.1 Å². The number of thiophene rings is 1. The van der Waals surface area contributed by atoms with Crippen molar-refractivity contribution in [2.45, 2.75) is 18.3 Å². The first-order valence-electron chi connectivity index (χ1n) is 7.61. The van der Waals surface area contributed by atoms with Gasteiger partial charge in [-0.05, 0) is 29.9 Å². The van der Waals surface area contributed by atoms with Gasteiger partial charge in [0.1, 0.15) is 0 Å². The van der Waals surface area contributed by atoms with E-state index in [0.717, 1.165) is 17.7 Å². The summed E-state index contributed by atoms with van der Waals surface area (Å²) in [6, 6.07) is 15.9. The zero-order valence-corrected chi connectivity index (χ0v) is 13.3. The Labute approximate surface area is 138 Å². The average molecular weight is 324 g/mol. The van der Waals surface area contributed by atoms with Crippen LogP contribution in [0, 0.1) is 0 Å². The Kier molecular flexibility index (Phi) is 3.50. The number of benzene rings is 1. The van der Waals surface area contributed by atoms with E-state index >= 15 is 0 Å². The predicted molar refractivity (Wildman–Crippen MR) is 89.5 cm³/mol. The molecule has 0 radical (unpaired) electrons. The monoisotopic (exact) mass is 324 g/mol. The van der Waals surface area contributed by atoms with Crippen LogP contribution in [-0.2, 0) is 5.41 Å². The van der Waals surface area contributed by atoms with Crippen LogP contribution in [0.2, 0.25) is 0 Å². The van der Waals surface area contributed by atoms with E-state index in [1.807, 2.05) is 35.7 Å². The lowest BCUT2D eigenvalue weighted by molar-refractivity contribution is 0.0940. The van der Waals surface area contributed by atoms with Crippen molar-refractivity contribution in [3.8, 4) is 10.6 Å². The molecule has 0 unspecified atom stereocenters. The number of aromatic nitrogens is 1. The maximum atomic E-state index is 12.3. The summed E-state index contributed by atoms with van der Waals surface area (Å²) >= 11 is 1.56. The van der Waals surface area contributed by atoms with Crippen molar-refractivity contribution in [3.63, 3.8) is 0 Å². The largest absolute Gasteiger partial charge is 0.355 e. The highest BCUT2D eigenvalue weighted by Crippen LogP contribution is 2.47. The smallest absolute Gasteiger partial charge is 0.273 e. The normalized spacial score (nSPS) is 15.3. The van der Waals surface area contributed by atoms with Crippen molar-refractivity contribution in [2.24, 2.45) is 0 Å². The molecule has 1 saturated carbocycles. The fraction of sp³-hybridized carbons (Fsp3) is 0.222. The van der Waals surface area contributed by atoms with E-state index in [9.17, 15) is 4.79 Å². The van der Waals surface area contributed by atoms with Gasteiger partial charge < -0.3 is 9.84 Å². The summed E-state index contributed by atoms with van der Waals surface area (Å²) in [6.45, 7) is 0.636. The number of carbonyl (C=O) groups excluding carboxylic acids is 1. The Balaban J connectivity index is 1.43. The van der Waals surface area contributed by atoms with Gasteiger partial charge in [0.15, 0.2) is 11.5 Å². The van der Waals surface area contributed by atoms with Crippen molar-refractivity contribution >= 4 is 17.2 Å². The highest BCUT2D eigenvalue weighted by molar-refractivity contribution is 7.13. The second-order valence-corrected chi connectivity index (χ2v) is 6.83. The third-order valence-corrected chi connectivity index (χ3v) is 5.22. The van der Waals surface area contributed by atoms with Crippen LogP contribution >= 0.6 is 11.3 Å². The maximum absolute atomic E-state index is 12.3. The van der Waals surface area contributed by atoms with Gasteiger partial charge in [-0.1, -0.05) is 41.6 Å². The molecule has 1 aliphatic carbocycles. The lowest BCUT2D eigenvalue weighted by Crippen LogP contribution is -2.32. The molecule has 1 N–H and O–H groups in total. The summed E-state index contributed by atoms with van der Waals surface area (Å²) < 4.78 is 5.26. The first-order valence-corrected chi connectivity index (χ1v) is 8.49. The molecule has 23 heavy (non-hydrogen) atoms. The number of hydrogen-bond acceptors (Lipinski definition) is 4. The molecule has 5 heteroatoms. The Morgan fingerprint density at radius 3 is 2.74 bits per heavy atom. The van der Waals surface area contributed by atoms with Gasteiger partial charge in [0.25, 0.3) is 5.91 Å². The number of nitrogens with zero attached hydrogens (tertiary/aromatic N) is 1. The van der Waals surface area contributed by atoms with E-state index in [2.05, 4.69) is 22.6 Å². The first kappa shape index (κ1) is 14.2. The first-order chi connectivity index (χ1) is 11.3. The molecule has 1 aliphatic rings. The SMILES string of the molecule is O=C(NCC1(c2ccccc2)CC1)c1cc(-c2cccs2)on1. The van der Waals surface area contributed by atoms with Crippen LogP contribution in [0.1, 0.15) is 28.9 Å². The molecule has 1 fully saturated rings. The van der Waals surface area contributed by atoms with Crippen molar-refractivity contribution in [2.75, 3.05) is 6.54 Å². The van der Waals surface area contributed by atoms with Crippen LogP contribution in [0.4, 0.5) is 0 Å². The molecular formula is C18H16N2O2S. The quantitative estimate of drug-likeness (QED) is 0.775. The van der Waals surface area contributed by atoms with Crippen LogP contribution in [0.3, 0.4) is 0 Å². The fourth-order valence-electron chi connectivity index (χ4n) is 2.77. The summed E-state index contributed by atoms with van der Waals surface area (Å²) in [5, 5.41) is 8.85. The highest BCUT2D eigenvalue weighted by atomic mass is 32.1. The van der Waals surface area contributed by atoms with Crippen LogP contribution in [0.15, 0.2) is 58.4 Å². The Morgan fingerprint density at radius 2 is 2.04 bits per heavy atom. The van der Waals surface area contributed by atoms with Crippen molar-refractivity contribution < 1.29 is 9.32 Å². The molecule has 0 atom stereocenters. The minimum Gasteiger partial charge on any atom is -0.355 e. The summed E-state index contributed by atoms with van der Waals surface area (Å²) in [7, 11) is 0. The van der Waals surface area contributed by atoms with Crippen LogP contribution in [0.5, 0.6) is 0 Å². The van der Waals surface area contributed by atoms with Crippen LogP contribution in [0.25, 0.3) is 10.6 Å². The molecule has 0 saturated heterocycles. The minimum atomic E-state index is -0.182. The molecule has 4 nitrogen and oxygen atoms in total. The minimum absolute atomic E-state index is 0.0945. The molecule has 1 amide bonds. The molecule has 3 aromatic rings. The zero-order valence-electron chi connectivity index (χ0n) is 12.5. The van der Waals surface area contributed by atoms with Crippen molar-refractivity contribution in [3.05, 3.63) is 65.2 Å². The average Bonchev–Trinajstić information content (AvgIpc) is 3.01. The van der Waals surface area contributed by atoms with E-state index in [1.165, 1.54) is 5.56 Å². The number of carbonyl (C=O) groups is 1. The Bertz CT molecular complexity index is 805. The molecule has 2 aromatic heterocycles. The van der Waals surface area contributed by atoms with Gasteiger partial charge in [-0.2, -0.15) is 0 Å². The molecule has 2 heterocycles. The molecule has 0 aliphatic heterocycles. The molecule has 1 aromatic carbocycles. The Morgan fingerprint density at radius 1 is 1.22 bits per heavy atom. The lowest BCUT2D eigenvalue weighted by Gasteiger charge is -2.15. The maximum Gasteiger partial charge on any atom is 0.273 e. The van der Waals surface area contributed by atoms with E-state index < -0.39 is 0 Å². The lowest BCUT2D eigenvalue weighted by atomic mass is 9.96. The van der Waals surface area contributed by atoms with Gasteiger partial charge in [-0.25, -0.2) is 0 Å². The van der Waals surface area contributed by atoms with Gasteiger partial charge in [-0.15, -0.1) is 11.3 Å². The van der Waals surface area contributed by atoms with Crippen LogP contribution < -0.4 is 5.32 Å². The second kappa shape index (κ2) is 5.66. The number of hydrogen-bond donors (Lipinski definition) is 1. The van der Waals surface area contributed by atoms with Crippen molar-refractivity contribution in [1.82, 2.24) is 10.5 Å². The summed E-state index contributed by atoms with van der Waals surface area (Å²) in [4.78, 5) is 13.3. The van der Waals surface area contributed by atoms with E-state index in [1.54, 1.807) is 17.4 Å². The number of amides is 1. The summed E-state index contributed by atoms with van der Waals surface area (Å²) in [5.74, 6) is 0.452.